The summed E-state index contributed by atoms with van der Waals surface area (Å²) in [5.74, 6) is -0.687. The van der Waals surface area contributed by atoms with Gasteiger partial charge in [0.05, 0.1) is 21.8 Å². The number of nitrogens with one attached hydrogen (secondary N) is 1. The zero-order chi connectivity index (χ0) is 20.5. The van der Waals surface area contributed by atoms with Crippen LogP contribution in [0.4, 0.5) is 18.9 Å². The smallest absolute Gasteiger partial charge is 0.320 e. The number of sulfone groups is 1. The van der Waals surface area contributed by atoms with Crippen LogP contribution < -0.4 is 5.32 Å². The minimum absolute atomic E-state index is 0.0281. The molecule has 0 saturated carbocycles. The van der Waals surface area contributed by atoms with Crippen molar-refractivity contribution in [2.75, 3.05) is 11.6 Å². The highest BCUT2D eigenvalue weighted by Gasteiger charge is 2.31. The maximum atomic E-state index is 13.1. The number of alkyl halides is 3. The van der Waals surface area contributed by atoms with Gasteiger partial charge in [-0.05, 0) is 48.5 Å². The van der Waals surface area contributed by atoms with Crippen molar-refractivity contribution in [3.8, 4) is 5.69 Å². The lowest BCUT2D eigenvalue weighted by atomic mass is 10.1. The summed E-state index contributed by atoms with van der Waals surface area (Å²) in [5, 5.41) is 6.41. The van der Waals surface area contributed by atoms with E-state index in [0.717, 1.165) is 18.4 Å². The van der Waals surface area contributed by atoms with Gasteiger partial charge in [-0.15, -0.1) is 0 Å². The predicted octanol–water partition coefficient (Wildman–Crippen LogP) is 3.55. The number of carbonyl (C=O) groups is 1. The van der Waals surface area contributed by atoms with Crippen LogP contribution in [0.3, 0.4) is 0 Å². The van der Waals surface area contributed by atoms with Gasteiger partial charge in [0.15, 0.2) is 9.84 Å². The molecule has 28 heavy (non-hydrogen) atoms. The van der Waals surface area contributed by atoms with Crippen LogP contribution in [0.1, 0.15) is 15.9 Å². The van der Waals surface area contributed by atoms with E-state index in [1.165, 1.54) is 47.4 Å². The van der Waals surface area contributed by atoms with Crippen LogP contribution in [0.5, 0.6) is 0 Å². The highest BCUT2D eigenvalue weighted by atomic mass is 32.2. The molecule has 0 saturated heterocycles. The Labute approximate surface area is 158 Å². The summed E-state index contributed by atoms with van der Waals surface area (Å²) in [7, 11) is -3.43. The third-order valence-electron chi connectivity index (χ3n) is 3.87. The van der Waals surface area contributed by atoms with Gasteiger partial charge in [-0.3, -0.25) is 4.79 Å². The summed E-state index contributed by atoms with van der Waals surface area (Å²) in [5.41, 5.74) is -0.669. The van der Waals surface area contributed by atoms with E-state index in [0.29, 0.717) is 0 Å². The molecule has 0 aliphatic heterocycles. The topological polar surface area (TPSA) is 81.1 Å². The van der Waals surface area contributed by atoms with Gasteiger partial charge in [-0.1, -0.05) is 0 Å². The SMILES string of the molecule is CS(=O)(=O)c1ccc(C(=O)Nc2cc(C(F)(F)F)ccc2-n2cccn2)cc1. The number of amides is 1. The second kappa shape index (κ2) is 7.12. The van der Waals surface area contributed by atoms with Crippen molar-refractivity contribution in [3.63, 3.8) is 0 Å². The molecule has 1 amide bonds. The predicted molar refractivity (Wildman–Crippen MR) is 96.1 cm³/mol. The molecular formula is C18H14F3N3O3S. The number of anilines is 1. The van der Waals surface area contributed by atoms with Crippen molar-refractivity contribution in [3.05, 3.63) is 72.1 Å². The first-order valence-electron chi connectivity index (χ1n) is 7.88. The Balaban J connectivity index is 1.96. The van der Waals surface area contributed by atoms with Crippen molar-refractivity contribution >= 4 is 21.4 Å². The number of aromatic nitrogens is 2. The monoisotopic (exact) mass is 409 g/mol. The summed E-state index contributed by atoms with van der Waals surface area (Å²) in [6, 6.07) is 9.59. The summed E-state index contributed by atoms with van der Waals surface area (Å²) in [6.07, 6.45) is -0.577. The molecule has 0 fully saturated rings. The molecule has 2 aromatic carbocycles. The standard InChI is InChI=1S/C18H14F3N3O3S/c1-28(26,27)14-6-3-12(4-7-14)17(25)23-15-11-13(18(19,20)21)5-8-16(15)24-10-2-9-22-24/h2-11H,1H3,(H,23,25). The van der Waals surface area contributed by atoms with Gasteiger partial charge >= 0.3 is 6.18 Å². The highest BCUT2D eigenvalue weighted by molar-refractivity contribution is 7.90. The minimum atomic E-state index is -4.58. The van der Waals surface area contributed by atoms with Gasteiger partial charge in [0.1, 0.15) is 0 Å². The fraction of sp³-hybridized carbons (Fsp3) is 0.111. The molecular weight excluding hydrogens is 395 g/mol. The number of halogens is 3. The fourth-order valence-electron chi connectivity index (χ4n) is 2.47. The molecule has 6 nitrogen and oxygen atoms in total. The second-order valence-corrected chi connectivity index (χ2v) is 7.95. The van der Waals surface area contributed by atoms with Gasteiger partial charge in [0, 0.05) is 24.2 Å². The Kier molecular flexibility index (Phi) is 4.99. The third kappa shape index (κ3) is 4.22. The molecule has 0 aliphatic carbocycles. The summed E-state index contributed by atoms with van der Waals surface area (Å²) >= 11 is 0. The lowest BCUT2D eigenvalue weighted by molar-refractivity contribution is -0.137. The van der Waals surface area contributed by atoms with Crippen LogP contribution in [0.25, 0.3) is 5.69 Å². The van der Waals surface area contributed by atoms with Crippen molar-refractivity contribution < 1.29 is 26.4 Å². The quantitative estimate of drug-likeness (QED) is 0.715. The average Bonchev–Trinajstić information content (AvgIpc) is 3.14. The van der Waals surface area contributed by atoms with E-state index in [4.69, 9.17) is 0 Å². The maximum absolute atomic E-state index is 13.1. The molecule has 146 valence electrons. The van der Waals surface area contributed by atoms with Crippen LogP contribution in [-0.2, 0) is 16.0 Å². The molecule has 1 heterocycles. The van der Waals surface area contributed by atoms with E-state index in [-0.39, 0.29) is 21.8 Å². The first kappa shape index (κ1) is 19.6. The molecule has 0 spiro atoms. The molecule has 10 heteroatoms. The average molecular weight is 409 g/mol. The Morgan fingerprint density at radius 3 is 2.32 bits per heavy atom. The van der Waals surface area contributed by atoms with Gasteiger partial charge in [0.2, 0.25) is 0 Å². The molecule has 1 aromatic heterocycles. The number of hydrogen-bond donors (Lipinski definition) is 1. The minimum Gasteiger partial charge on any atom is -0.320 e. The molecule has 3 aromatic rings. The molecule has 3 rings (SSSR count). The normalized spacial score (nSPS) is 12.0. The number of hydrogen-bond acceptors (Lipinski definition) is 4. The van der Waals surface area contributed by atoms with Crippen molar-refractivity contribution in [1.29, 1.82) is 0 Å². The van der Waals surface area contributed by atoms with E-state index in [9.17, 15) is 26.4 Å². The number of benzene rings is 2. The maximum Gasteiger partial charge on any atom is 0.416 e. The number of nitrogens with zero attached hydrogens (tertiary/aromatic N) is 2. The van der Waals surface area contributed by atoms with Crippen molar-refractivity contribution in [2.45, 2.75) is 11.1 Å². The van der Waals surface area contributed by atoms with E-state index < -0.39 is 27.5 Å². The van der Waals surface area contributed by atoms with E-state index in [1.54, 1.807) is 6.07 Å². The third-order valence-corrected chi connectivity index (χ3v) is 5.00. The van der Waals surface area contributed by atoms with Crippen LogP contribution >= 0.6 is 0 Å². The Morgan fingerprint density at radius 2 is 1.79 bits per heavy atom. The summed E-state index contributed by atoms with van der Waals surface area (Å²) < 4.78 is 63.5. The Morgan fingerprint density at radius 1 is 1.11 bits per heavy atom. The highest BCUT2D eigenvalue weighted by Crippen LogP contribution is 2.33. The van der Waals surface area contributed by atoms with Crippen LogP contribution in [0.2, 0.25) is 0 Å². The van der Waals surface area contributed by atoms with Crippen LogP contribution in [0, 0.1) is 0 Å². The lowest BCUT2D eigenvalue weighted by Crippen LogP contribution is -2.16. The van der Waals surface area contributed by atoms with E-state index in [2.05, 4.69) is 10.4 Å². The number of rotatable bonds is 4. The fourth-order valence-corrected chi connectivity index (χ4v) is 3.10. The summed E-state index contributed by atoms with van der Waals surface area (Å²) in [6.45, 7) is 0. The van der Waals surface area contributed by atoms with E-state index >= 15 is 0 Å². The van der Waals surface area contributed by atoms with Crippen LogP contribution in [0.15, 0.2) is 65.8 Å². The van der Waals surface area contributed by atoms with Gasteiger partial charge < -0.3 is 5.32 Å². The number of carbonyl (C=O) groups excluding carboxylic acids is 1. The van der Waals surface area contributed by atoms with Crippen molar-refractivity contribution in [1.82, 2.24) is 9.78 Å². The van der Waals surface area contributed by atoms with Gasteiger partial charge in [-0.2, -0.15) is 18.3 Å². The van der Waals surface area contributed by atoms with Crippen molar-refractivity contribution in [2.24, 2.45) is 0 Å². The molecule has 0 atom stereocenters. The zero-order valence-corrected chi connectivity index (χ0v) is 15.3. The molecule has 0 radical (unpaired) electrons. The van der Waals surface area contributed by atoms with Gasteiger partial charge in [0.25, 0.3) is 5.91 Å². The first-order chi connectivity index (χ1) is 13.1. The molecule has 0 aliphatic rings. The largest absolute Gasteiger partial charge is 0.416 e. The Hall–Kier alpha value is -3.14. The zero-order valence-electron chi connectivity index (χ0n) is 14.4. The lowest BCUT2D eigenvalue weighted by Gasteiger charge is -2.15. The molecule has 0 bridgehead atoms. The van der Waals surface area contributed by atoms with E-state index in [1.807, 2.05) is 0 Å². The Bertz CT molecular complexity index is 1110. The van der Waals surface area contributed by atoms with Crippen LogP contribution in [-0.4, -0.2) is 30.4 Å². The second-order valence-electron chi connectivity index (χ2n) is 5.93. The molecule has 0 unspecified atom stereocenters. The van der Waals surface area contributed by atoms with Gasteiger partial charge in [-0.25, -0.2) is 13.1 Å². The molecule has 1 N–H and O–H groups in total. The summed E-state index contributed by atoms with van der Waals surface area (Å²) in [4.78, 5) is 12.5. The first-order valence-corrected chi connectivity index (χ1v) is 9.77.